The lowest BCUT2D eigenvalue weighted by Gasteiger charge is -2.32. The lowest BCUT2D eigenvalue weighted by atomic mass is 10.0. The van der Waals surface area contributed by atoms with Crippen LogP contribution >= 0.6 is 0 Å². The Bertz CT molecular complexity index is 787. The summed E-state index contributed by atoms with van der Waals surface area (Å²) in [5, 5.41) is 3.05. The van der Waals surface area contributed by atoms with Gasteiger partial charge in [0.1, 0.15) is 17.2 Å². The summed E-state index contributed by atoms with van der Waals surface area (Å²) in [6, 6.07) is 3.68. The minimum atomic E-state index is -0.0846. The molecule has 1 fully saturated rings. The van der Waals surface area contributed by atoms with E-state index in [1.807, 2.05) is 11.0 Å². The summed E-state index contributed by atoms with van der Waals surface area (Å²) >= 11 is 0. The molecular weight excluding hydrogens is 330 g/mol. The van der Waals surface area contributed by atoms with Crippen molar-refractivity contribution >= 4 is 11.8 Å². The number of aromatic amines is 1. The molecule has 0 aromatic carbocycles. The summed E-state index contributed by atoms with van der Waals surface area (Å²) in [5.74, 6) is 1.43. The molecule has 0 radical (unpaired) electrons. The molecule has 0 bridgehead atoms. The van der Waals surface area contributed by atoms with Gasteiger partial charge in [-0.25, -0.2) is 4.98 Å². The predicted octanol–water partition coefficient (Wildman–Crippen LogP) is 2.14. The molecule has 2 aromatic heterocycles. The van der Waals surface area contributed by atoms with Crippen molar-refractivity contribution in [1.29, 1.82) is 0 Å². The molecule has 4 rings (SSSR count). The van der Waals surface area contributed by atoms with Crippen molar-refractivity contribution in [1.82, 2.24) is 24.8 Å². The maximum atomic E-state index is 12.9. The van der Waals surface area contributed by atoms with Crippen LogP contribution in [0.1, 0.15) is 65.3 Å². The Morgan fingerprint density at radius 1 is 1.23 bits per heavy atom. The average molecular weight is 355 g/mol. The third-order valence-electron chi connectivity index (χ3n) is 5.53. The highest BCUT2D eigenvalue weighted by molar-refractivity contribution is 5.93. The number of imidazole rings is 1. The maximum absolute atomic E-state index is 12.9. The minimum Gasteiger partial charge on any atom is -0.357 e. The van der Waals surface area contributed by atoms with Crippen LogP contribution in [0.15, 0.2) is 24.5 Å². The molecule has 7 heteroatoms. The van der Waals surface area contributed by atoms with E-state index >= 15 is 0 Å². The van der Waals surface area contributed by atoms with Gasteiger partial charge in [0.15, 0.2) is 0 Å². The number of amides is 2. The monoisotopic (exact) mass is 355 g/mol. The van der Waals surface area contributed by atoms with Gasteiger partial charge in [-0.05, 0) is 37.8 Å². The fourth-order valence-electron chi connectivity index (χ4n) is 4.00. The first-order valence-electron chi connectivity index (χ1n) is 9.42. The summed E-state index contributed by atoms with van der Waals surface area (Å²) in [7, 11) is 0. The molecule has 2 aliphatic heterocycles. The Hall–Kier alpha value is -2.57. The van der Waals surface area contributed by atoms with Crippen molar-refractivity contribution < 1.29 is 9.59 Å². The fraction of sp³-hybridized carbons (Fsp3) is 0.526. The van der Waals surface area contributed by atoms with E-state index in [2.05, 4.69) is 26.8 Å². The summed E-state index contributed by atoms with van der Waals surface area (Å²) in [6.07, 6.45) is 7.25. The molecule has 26 heavy (non-hydrogen) atoms. The van der Waals surface area contributed by atoms with Crippen molar-refractivity contribution in [2.24, 2.45) is 0 Å². The van der Waals surface area contributed by atoms with Crippen molar-refractivity contribution in [3.8, 4) is 0 Å². The molecule has 4 heterocycles. The number of aromatic nitrogens is 3. The number of H-pyrrole nitrogens is 1. The van der Waals surface area contributed by atoms with E-state index in [0.717, 1.165) is 38.1 Å². The van der Waals surface area contributed by atoms with Crippen LogP contribution in [0.4, 0.5) is 0 Å². The van der Waals surface area contributed by atoms with Crippen molar-refractivity contribution in [2.75, 3.05) is 13.1 Å². The molecule has 1 unspecified atom stereocenters. The number of nitrogens with zero attached hydrogens (tertiary/aromatic N) is 3. The Labute approximate surface area is 152 Å². The lowest BCUT2D eigenvalue weighted by molar-refractivity contribution is 0.0686. The van der Waals surface area contributed by atoms with Gasteiger partial charge in [-0.1, -0.05) is 6.92 Å². The van der Waals surface area contributed by atoms with Crippen LogP contribution in [0, 0.1) is 0 Å². The van der Waals surface area contributed by atoms with E-state index in [-0.39, 0.29) is 17.9 Å². The van der Waals surface area contributed by atoms with Crippen LogP contribution in [-0.4, -0.2) is 50.4 Å². The number of likely N-dealkylation sites (tertiary alicyclic amines) is 1. The topological polar surface area (TPSA) is 83.0 Å². The molecule has 7 nitrogen and oxygen atoms in total. The number of hydrogen-bond acceptors (Lipinski definition) is 3. The van der Waals surface area contributed by atoms with Crippen LogP contribution < -0.4 is 5.32 Å². The molecule has 0 saturated carbocycles. The highest BCUT2D eigenvalue weighted by Crippen LogP contribution is 2.27. The van der Waals surface area contributed by atoms with E-state index in [1.165, 1.54) is 0 Å². The van der Waals surface area contributed by atoms with Gasteiger partial charge in [-0.3, -0.25) is 9.59 Å². The lowest BCUT2D eigenvalue weighted by Crippen LogP contribution is -2.47. The number of fused-ring (bicyclic) bond motifs is 1. The first-order valence-corrected chi connectivity index (χ1v) is 9.42. The Morgan fingerprint density at radius 3 is 2.77 bits per heavy atom. The van der Waals surface area contributed by atoms with Crippen LogP contribution in [0.2, 0.25) is 0 Å². The van der Waals surface area contributed by atoms with E-state index in [9.17, 15) is 9.59 Å². The molecule has 0 aliphatic carbocycles. The zero-order valence-electron chi connectivity index (χ0n) is 15.1. The Balaban J connectivity index is 1.36. The maximum Gasteiger partial charge on any atom is 0.272 e. The number of carbonyl (C=O) groups excluding carboxylic acids is 2. The summed E-state index contributed by atoms with van der Waals surface area (Å²) in [4.78, 5) is 34.4. The molecule has 1 saturated heterocycles. The number of piperidine rings is 1. The highest BCUT2D eigenvalue weighted by atomic mass is 16.2. The van der Waals surface area contributed by atoms with Gasteiger partial charge in [0.25, 0.3) is 11.8 Å². The number of rotatable bonds is 3. The van der Waals surface area contributed by atoms with Crippen molar-refractivity contribution in [2.45, 2.75) is 51.1 Å². The van der Waals surface area contributed by atoms with Gasteiger partial charge in [-0.15, -0.1) is 0 Å². The highest BCUT2D eigenvalue weighted by Gasteiger charge is 2.29. The first-order chi connectivity index (χ1) is 12.6. The van der Waals surface area contributed by atoms with Crippen molar-refractivity contribution in [3.05, 3.63) is 41.7 Å². The molecule has 2 amide bonds. The second-order valence-electron chi connectivity index (χ2n) is 7.32. The van der Waals surface area contributed by atoms with Crippen LogP contribution in [0.25, 0.3) is 0 Å². The SMILES string of the molecule is CC1CCCn2c(C(=O)N3CCC(NC(=O)c4ccc[nH]4)CC3)cnc21. The summed E-state index contributed by atoms with van der Waals surface area (Å²) < 4.78 is 2.09. The van der Waals surface area contributed by atoms with E-state index in [0.29, 0.717) is 30.4 Å². The Morgan fingerprint density at radius 2 is 2.04 bits per heavy atom. The summed E-state index contributed by atoms with van der Waals surface area (Å²) in [5.41, 5.74) is 1.28. The molecule has 2 N–H and O–H groups in total. The molecule has 2 aliphatic rings. The normalized spacial score (nSPS) is 20.7. The van der Waals surface area contributed by atoms with Crippen LogP contribution in [-0.2, 0) is 6.54 Å². The second-order valence-corrected chi connectivity index (χ2v) is 7.32. The minimum absolute atomic E-state index is 0.0620. The standard InChI is InChI=1S/C19H25N5O2/c1-13-4-3-9-24-16(12-21-17(13)24)19(26)23-10-6-14(7-11-23)22-18(25)15-5-2-8-20-15/h2,5,8,12-14,20H,3-4,6-7,9-11H2,1H3,(H,22,25). The van der Waals surface area contributed by atoms with Gasteiger partial charge in [-0.2, -0.15) is 0 Å². The third kappa shape index (κ3) is 3.13. The molecular formula is C19H25N5O2. The van der Waals surface area contributed by atoms with Crippen molar-refractivity contribution in [3.63, 3.8) is 0 Å². The third-order valence-corrected chi connectivity index (χ3v) is 5.53. The van der Waals surface area contributed by atoms with Gasteiger partial charge < -0.3 is 19.8 Å². The number of carbonyl (C=O) groups is 2. The largest absolute Gasteiger partial charge is 0.357 e. The van der Waals surface area contributed by atoms with Crippen LogP contribution in [0.3, 0.4) is 0 Å². The van der Waals surface area contributed by atoms with E-state index < -0.39 is 0 Å². The van der Waals surface area contributed by atoms with Gasteiger partial charge in [0.05, 0.1) is 6.20 Å². The molecule has 138 valence electrons. The van der Waals surface area contributed by atoms with E-state index in [1.54, 1.807) is 18.5 Å². The van der Waals surface area contributed by atoms with Gasteiger partial charge in [0.2, 0.25) is 0 Å². The summed E-state index contributed by atoms with van der Waals surface area (Å²) in [6.45, 7) is 4.36. The van der Waals surface area contributed by atoms with E-state index in [4.69, 9.17) is 0 Å². The molecule has 1 atom stereocenters. The second kappa shape index (κ2) is 6.97. The number of nitrogens with one attached hydrogen (secondary N) is 2. The number of hydrogen-bond donors (Lipinski definition) is 2. The zero-order valence-corrected chi connectivity index (χ0v) is 15.1. The first kappa shape index (κ1) is 16.9. The zero-order chi connectivity index (χ0) is 18.1. The fourth-order valence-corrected chi connectivity index (χ4v) is 4.00. The average Bonchev–Trinajstić information content (AvgIpc) is 3.32. The predicted molar refractivity (Wildman–Crippen MR) is 97.1 cm³/mol. The quantitative estimate of drug-likeness (QED) is 0.885. The van der Waals surface area contributed by atoms with Gasteiger partial charge >= 0.3 is 0 Å². The van der Waals surface area contributed by atoms with Crippen LogP contribution in [0.5, 0.6) is 0 Å². The Kier molecular flexibility index (Phi) is 4.53. The molecule has 0 spiro atoms. The van der Waals surface area contributed by atoms with Gasteiger partial charge in [0, 0.05) is 37.8 Å². The molecule has 2 aromatic rings. The smallest absolute Gasteiger partial charge is 0.272 e.